The molecule has 24 heavy (non-hydrogen) atoms. The minimum Gasteiger partial charge on any atom is -0.476 e. The number of halogens is 4. The molecule has 0 bridgehead atoms. The van der Waals surface area contributed by atoms with Crippen LogP contribution < -0.4 is 5.43 Å². The van der Waals surface area contributed by atoms with E-state index in [1.807, 2.05) is 0 Å². The molecule has 3 aromatic rings. The number of hydrogen-bond acceptors (Lipinski definition) is 3. The van der Waals surface area contributed by atoms with Crippen molar-refractivity contribution >= 4 is 63.3 Å². The minimum absolute atomic E-state index is 0.0496. The first-order valence-electron chi connectivity index (χ1n) is 6.42. The van der Waals surface area contributed by atoms with Crippen LogP contribution in [0.4, 0.5) is 0 Å². The summed E-state index contributed by atoms with van der Waals surface area (Å²) in [6.07, 6.45) is 0. The molecule has 0 unspecified atom stereocenters. The lowest BCUT2D eigenvalue weighted by Gasteiger charge is -2.15. The fourth-order valence-electron chi connectivity index (χ4n) is 2.24. The van der Waals surface area contributed by atoms with Gasteiger partial charge in [-0.25, -0.2) is 9.48 Å². The summed E-state index contributed by atoms with van der Waals surface area (Å²) in [7, 11) is 0. The summed E-state index contributed by atoms with van der Waals surface area (Å²) in [5.41, 5.74) is -1.04. The van der Waals surface area contributed by atoms with E-state index >= 15 is 0 Å². The lowest BCUT2D eigenvalue weighted by molar-refractivity contribution is 0.0687. The predicted octanol–water partition coefficient (Wildman–Crippen LogP) is 4.70. The first-order chi connectivity index (χ1) is 11.3. The SMILES string of the molecule is O=C(O)c1nn(-c2ccccc2)c2c(Cl)c(Cl)c(Cl)c(Cl)c2c1=O. The molecule has 1 aromatic heterocycles. The Morgan fingerprint density at radius 3 is 2.12 bits per heavy atom. The van der Waals surface area contributed by atoms with Crippen molar-refractivity contribution in [3.8, 4) is 5.69 Å². The van der Waals surface area contributed by atoms with Crippen molar-refractivity contribution in [2.24, 2.45) is 0 Å². The first kappa shape index (κ1) is 17.0. The predicted molar refractivity (Wildman–Crippen MR) is 94.3 cm³/mol. The van der Waals surface area contributed by atoms with Crippen molar-refractivity contribution in [2.45, 2.75) is 0 Å². The molecule has 122 valence electrons. The number of para-hydroxylation sites is 1. The Bertz CT molecular complexity index is 1050. The fourth-order valence-corrected chi connectivity index (χ4v) is 3.24. The quantitative estimate of drug-likeness (QED) is 0.497. The summed E-state index contributed by atoms with van der Waals surface area (Å²) < 4.78 is 1.20. The Hall–Kier alpha value is -1.79. The molecule has 0 fully saturated rings. The third-order valence-corrected chi connectivity index (χ3v) is 5.09. The van der Waals surface area contributed by atoms with Crippen LogP contribution in [0, 0.1) is 0 Å². The van der Waals surface area contributed by atoms with E-state index in [1.54, 1.807) is 30.3 Å². The molecule has 0 spiro atoms. The van der Waals surface area contributed by atoms with Gasteiger partial charge in [0.2, 0.25) is 11.1 Å². The van der Waals surface area contributed by atoms with E-state index in [9.17, 15) is 14.7 Å². The van der Waals surface area contributed by atoms with Gasteiger partial charge in [0.1, 0.15) is 0 Å². The van der Waals surface area contributed by atoms with Crippen LogP contribution in [-0.4, -0.2) is 20.9 Å². The van der Waals surface area contributed by atoms with Crippen LogP contribution in [0.25, 0.3) is 16.6 Å². The Morgan fingerprint density at radius 2 is 1.54 bits per heavy atom. The number of hydrogen-bond donors (Lipinski definition) is 1. The maximum absolute atomic E-state index is 12.5. The van der Waals surface area contributed by atoms with Crippen molar-refractivity contribution in [2.75, 3.05) is 0 Å². The molecule has 0 aliphatic carbocycles. The summed E-state index contributed by atoms with van der Waals surface area (Å²) in [5, 5.41) is 12.6. The third kappa shape index (κ3) is 2.54. The number of nitrogens with zero attached hydrogens (tertiary/aromatic N) is 2. The van der Waals surface area contributed by atoms with Crippen LogP contribution in [0.1, 0.15) is 10.5 Å². The number of aromatic carboxylic acids is 1. The monoisotopic (exact) mass is 402 g/mol. The number of carbonyl (C=O) groups is 1. The number of benzene rings is 2. The second kappa shape index (κ2) is 6.26. The Morgan fingerprint density at radius 1 is 0.958 bits per heavy atom. The van der Waals surface area contributed by atoms with Gasteiger partial charge in [-0.05, 0) is 12.1 Å². The van der Waals surface area contributed by atoms with Crippen LogP contribution in [0.2, 0.25) is 20.1 Å². The summed E-state index contributed by atoms with van der Waals surface area (Å²) >= 11 is 24.4. The molecule has 1 N–H and O–H groups in total. The van der Waals surface area contributed by atoms with Gasteiger partial charge in [-0.2, -0.15) is 5.10 Å². The van der Waals surface area contributed by atoms with Crippen molar-refractivity contribution in [3.05, 3.63) is 66.3 Å². The number of carboxylic acids is 1. The van der Waals surface area contributed by atoms with Crippen molar-refractivity contribution in [1.82, 2.24) is 9.78 Å². The number of rotatable bonds is 2. The van der Waals surface area contributed by atoms with Crippen LogP contribution >= 0.6 is 46.4 Å². The van der Waals surface area contributed by atoms with Gasteiger partial charge in [0, 0.05) is 0 Å². The van der Waals surface area contributed by atoms with Gasteiger partial charge in [0.15, 0.2) is 0 Å². The normalized spacial score (nSPS) is 11.0. The smallest absolute Gasteiger partial charge is 0.360 e. The Kier molecular flexibility index (Phi) is 4.44. The Labute approximate surface area is 154 Å². The molecule has 2 aromatic carbocycles. The molecule has 9 heteroatoms. The highest BCUT2D eigenvalue weighted by molar-refractivity contribution is 6.55. The average Bonchev–Trinajstić information content (AvgIpc) is 2.58. The molecule has 0 saturated carbocycles. The van der Waals surface area contributed by atoms with Gasteiger partial charge in [-0.1, -0.05) is 64.6 Å². The van der Waals surface area contributed by atoms with Gasteiger partial charge >= 0.3 is 5.97 Å². The maximum atomic E-state index is 12.5. The van der Waals surface area contributed by atoms with Crippen molar-refractivity contribution < 1.29 is 9.90 Å². The molecule has 0 aliphatic heterocycles. The van der Waals surface area contributed by atoms with Gasteiger partial charge in [0.25, 0.3) is 0 Å². The van der Waals surface area contributed by atoms with Gasteiger partial charge in [0.05, 0.1) is 36.7 Å². The van der Waals surface area contributed by atoms with Crippen LogP contribution in [0.5, 0.6) is 0 Å². The van der Waals surface area contributed by atoms with Gasteiger partial charge < -0.3 is 5.11 Å². The average molecular weight is 404 g/mol. The Balaban J connectivity index is 2.64. The highest BCUT2D eigenvalue weighted by Crippen LogP contribution is 2.42. The zero-order valence-corrected chi connectivity index (χ0v) is 14.6. The number of aromatic nitrogens is 2. The third-order valence-electron chi connectivity index (χ3n) is 3.30. The molecular formula is C15H6Cl4N2O3. The zero-order valence-electron chi connectivity index (χ0n) is 11.6. The van der Waals surface area contributed by atoms with Crippen LogP contribution in [0.15, 0.2) is 35.1 Å². The second-order valence-corrected chi connectivity index (χ2v) is 6.22. The highest BCUT2D eigenvalue weighted by atomic mass is 35.5. The molecule has 0 atom stereocenters. The second-order valence-electron chi connectivity index (χ2n) is 4.71. The molecule has 0 aliphatic rings. The van der Waals surface area contributed by atoms with E-state index in [1.165, 1.54) is 4.68 Å². The maximum Gasteiger partial charge on any atom is 0.360 e. The molecule has 0 radical (unpaired) electrons. The fraction of sp³-hybridized carbons (Fsp3) is 0. The molecular weight excluding hydrogens is 398 g/mol. The topological polar surface area (TPSA) is 72.2 Å². The number of fused-ring (bicyclic) bond motifs is 1. The van der Waals surface area contributed by atoms with E-state index in [0.29, 0.717) is 5.69 Å². The van der Waals surface area contributed by atoms with Crippen molar-refractivity contribution in [1.29, 1.82) is 0 Å². The largest absolute Gasteiger partial charge is 0.476 e. The van der Waals surface area contributed by atoms with E-state index in [4.69, 9.17) is 46.4 Å². The van der Waals surface area contributed by atoms with Gasteiger partial charge in [-0.3, -0.25) is 4.79 Å². The first-order valence-corrected chi connectivity index (χ1v) is 7.93. The summed E-state index contributed by atoms with van der Waals surface area (Å²) in [5.74, 6) is -1.50. The molecule has 1 heterocycles. The van der Waals surface area contributed by atoms with E-state index in [-0.39, 0.29) is 31.0 Å². The molecule has 3 rings (SSSR count). The summed E-state index contributed by atoms with van der Waals surface area (Å²) in [6.45, 7) is 0. The molecule has 0 saturated heterocycles. The van der Waals surface area contributed by atoms with Crippen molar-refractivity contribution in [3.63, 3.8) is 0 Å². The lowest BCUT2D eigenvalue weighted by atomic mass is 10.1. The molecule has 0 amide bonds. The minimum atomic E-state index is -1.50. The van der Waals surface area contributed by atoms with E-state index < -0.39 is 17.1 Å². The molecule has 5 nitrogen and oxygen atoms in total. The van der Waals surface area contributed by atoms with E-state index in [2.05, 4.69) is 5.10 Å². The summed E-state index contributed by atoms with van der Waals surface area (Å²) in [4.78, 5) is 23.9. The van der Waals surface area contributed by atoms with Crippen LogP contribution in [0.3, 0.4) is 0 Å². The standard InChI is InChI=1S/C15H6Cl4N2O3/c16-8-7-13(11(19)10(18)9(8)17)21(6-4-2-1-3-5-6)20-12(14(7)22)15(23)24/h1-5H,(H,23,24). The summed E-state index contributed by atoms with van der Waals surface area (Å²) in [6, 6.07) is 8.53. The zero-order chi connectivity index (χ0) is 17.6. The number of carboxylic acid groups (broad SMARTS) is 1. The highest BCUT2D eigenvalue weighted by Gasteiger charge is 2.25. The van der Waals surface area contributed by atoms with E-state index in [0.717, 1.165) is 0 Å². The lowest BCUT2D eigenvalue weighted by Crippen LogP contribution is -2.23. The van der Waals surface area contributed by atoms with Crippen LogP contribution in [-0.2, 0) is 0 Å². The van der Waals surface area contributed by atoms with Gasteiger partial charge in [-0.15, -0.1) is 0 Å².